The van der Waals surface area contributed by atoms with Gasteiger partial charge in [0.2, 0.25) is 5.91 Å². The van der Waals surface area contributed by atoms with Crippen molar-refractivity contribution in [3.05, 3.63) is 0 Å². The van der Waals surface area contributed by atoms with Gasteiger partial charge in [-0.1, -0.05) is 15.9 Å². The number of piperazine rings is 1. The van der Waals surface area contributed by atoms with Crippen LogP contribution in [0.5, 0.6) is 0 Å². The molecule has 94 valence electrons. The molecule has 1 saturated heterocycles. The summed E-state index contributed by atoms with van der Waals surface area (Å²) in [6.07, 6.45) is 0. The van der Waals surface area contributed by atoms with E-state index < -0.39 is 4.32 Å². The van der Waals surface area contributed by atoms with Gasteiger partial charge < -0.3 is 10.2 Å². The Kier molecular flexibility index (Phi) is 5.21. The highest BCUT2D eigenvalue weighted by atomic mass is 79.9. The minimum Gasteiger partial charge on any atom is -0.354 e. The molecule has 4 nitrogen and oxygen atoms in total. The quantitative estimate of drug-likeness (QED) is 0.768. The first kappa shape index (κ1) is 13.9. The maximum absolute atomic E-state index is 11.6. The number of carbonyl (C=O) groups excluding carboxylic acids is 1. The molecular weight excluding hydrogens is 270 g/mol. The summed E-state index contributed by atoms with van der Waals surface area (Å²) in [6, 6.07) is 0. The lowest BCUT2D eigenvalue weighted by atomic mass is 10.2. The molecule has 0 aromatic rings. The highest BCUT2D eigenvalue weighted by molar-refractivity contribution is 9.10. The highest BCUT2D eigenvalue weighted by Crippen LogP contribution is 2.14. The van der Waals surface area contributed by atoms with Crippen molar-refractivity contribution in [2.24, 2.45) is 0 Å². The minimum atomic E-state index is -0.463. The van der Waals surface area contributed by atoms with Crippen molar-refractivity contribution in [1.82, 2.24) is 15.1 Å². The van der Waals surface area contributed by atoms with Crippen LogP contribution in [0.25, 0.3) is 0 Å². The smallest absolute Gasteiger partial charge is 0.236 e. The van der Waals surface area contributed by atoms with Crippen LogP contribution in [0.2, 0.25) is 0 Å². The molecule has 1 rings (SSSR count). The zero-order chi connectivity index (χ0) is 12.2. The lowest BCUT2D eigenvalue weighted by molar-refractivity contribution is -0.122. The Balaban J connectivity index is 2.14. The second-order valence-electron chi connectivity index (χ2n) is 4.87. The number of halogens is 1. The standard InChI is InChI=1S/C11H22BrN3O/c1-11(2,12)10(16)13-4-5-15-8-6-14(3)7-9-15/h4-9H2,1-3H3,(H,13,16). The number of likely N-dealkylation sites (N-methyl/N-ethyl adjacent to an activating group) is 1. The first-order valence-electron chi connectivity index (χ1n) is 5.78. The summed E-state index contributed by atoms with van der Waals surface area (Å²) in [5, 5.41) is 2.94. The van der Waals surface area contributed by atoms with Gasteiger partial charge in [0.05, 0.1) is 4.32 Å². The van der Waals surface area contributed by atoms with Gasteiger partial charge in [0.25, 0.3) is 0 Å². The molecule has 0 atom stereocenters. The predicted octanol–water partition coefficient (Wildman–Crippen LogP) is 0.523. The summed E-state index contributed by atoms with van der Waals surface area (Å²) in [4.78, 5) is 16.3. The predicted molar refractivity (Wildman–Crippen MR) is 70.0 cm³/mol. The van der Waals surface area contributed by atoms with Gasteiger partial charge in [0, 0.05) is 39.3 Å². The molecule has 0 radical (unpaired) electrons. The molecule has 1 N–H and O–H groups in total. The van der Waals surface area contributed by atoms with E-state index in [0.29, 0.717) is 0 Å². The van der Waals surface area contributed by atoms with E-state index in [1.165, 1.54) is 0 Å². The zero-order valence-electron chi connectivity index (χ0n) is 10.4. The third kappa shape index (κ3) is 4.80. The van der Waals surface area contributed by atoms with E-state index in [1.807, 2.05) is 13.8 Å². The molecule has 0 bridgehead atoms. The largest absolute Gasteiger partial charge is 0.354 e. The summed E-state index contributed by atoms with van der Waals surface area (Å²) in [7, 11) is 2.15. The Morgan fingerprint density at radius 1 is 1.31 bits per heavy atom. The van der Waals surface area contributed by atoms with Crippen molar-refractivity contribution in [2.45, 2.75) is 18.2 Å². The maximum atomic E-state index is 11.6. The van der Waals surface area contributed by atoms with E-state index >= 15 is 0 Å². The van der Waals surface area contributed by atoms with Crippen molar-refractivity contribution in [1.29, 1.82) is 0 Å². The van der Waals surface area contributed by atoms with Gasteiger partial charge in [0.15, 0.2) is 0 Å². The number of hydrogen-bond donors (Lipinski definition) is 1. The van der Waals surface area contributed by atoms with Gasteiger partial charge in [-0.05, 0) is 20.9 Å². The van der Waals surface area contributed by atoms with Gasteiger partial charge in [-0.3, -0.25) is 9.69 Å². The molecule has 5 heteroatoms. The summed E-state index contributed by atoms with van der Waals surface area (Å²) in [6.45, 7) is 9.85. The van der Waals surface area contributed by atoms with Crippen molar-refractivity contribution in [3.8, 4) is 0 Å². The second-order valence-corrected chi connectivity index (χ2v) is 6.86. The molecule has 1 heterocycles. The number of nitrogens with zero attached hydrogens (tertiary/aromatic N) is 2. The summed E-state index contributed by atoms with van der Waals surface area (Å²) in [5.41, 5.74) is 0. The number of nitrogens with one attached hydrogen (secondary N) is 1. The SMILES string of the molecule is CN1CCN(CCNC(=O)C(C)(C)Br)CC1. The number of hydrogen-bond acceptors (Lipinski definition) is 3. The Labute approximate surface area is 106 Å². The van der Waals surface area contributed by atoms with Crippen molar-refractivity contribution < 1.29 is 4.79 Å². The number of carbonyl (C=O) groups is 1. The molecule has 1 aliphatic rings. The molecule has 0 unspecified atom stereocenters. The second kappa shape index (κ2) is 5.98. The highest BCUT2D eigenvalue weighted by Gasteiger charge is 2.23. The molecule has 1 fully saturated rings. The Morgan fingerprint density at radius 2 is 1.88 bits per heavy atom. The fourth-order valence-corrected chi connectivity index (χ4v) is 1.75. The first-order chi connectivity index (χ1) is 7.39. The molecule has 0 saturated carbocycles. The van der Waals surface area contributed by atoms with E-state index in [4.69, 9.17) is 0 Å². The zero-order valence-corrected chi connectivity index (χ0v) is 12.0. The van der Waals surface area contributed by atoms with Gasteiger partial charge in [-0.25, -0.2) is 0 Å². The molecule has 1 amide bonds. The van der Waals surface area contributed by atoms with Crippen LogP contribution in [0.3, 0.4) is 0 Å². The van der Waals surface area contributed by atoms with E-state index in [-0.39, 0.29) is 5.91 Å². The van der Waals surface area contributed by atoms with Crippen LogP contribution in [0.15, 0.2) is 0 Å². The van der Waals surface area contributed by atoms with Crippen LogP contribution in [-0.4, -0.2) is 66.3 Å². The maximum Gasteiger partial charge on any atom is 0.236 e. The first-order valence-corrected chi connectivity index (χ1v) is 6.57. The van der Waals surface area contributed by atoms with E-state index in [9.17, 15) is 4.79 Å². The summed E-state index contributed by atoms with van der Waals surface area (Å²) >= 11 is 3.35. The van der Waals surface area contributed by atoms with Crippen LogP contribution in [0.4, 0.5) is 0 Å². The summed E-state index contributed by atoms with van der Waals surface area (Å²) < 4.78 is -0.463. The monoisotopic (exact) mass is 291 g/mol. The van der Waals surface area contributed by atoms with Crippen LogP contribution in [-0.2, 0) is 4.79 Å². The third-order valence-electron chi connectivity index (χ3n) is 2.85. The Morgan fingerprint density at radius 3 is 2.38 bits per heavy atom. The molecule has 1 aliphatic heterocycles. The summed E-state index contributed by atoms with van der Waals surface area (Å²) in [5.74, 6) is 0.0571. The van der Waals surface area contributed by atoms with Gasteiger partial charge in [-0.2, -0.15) is 0 Å². The lowest BCUT2D eigenvalue weighted by Crippen LogP contribution is -2.48. The fraction of sp³-hybridized carbons (Fsp3) is 0.909. The lowest BCUT2D eigenvalue weighted by Gasteiger charge is -2.32. The van der Waals surface area contributed by atoms with Crippen molar-refractivity contribution in [3.63, 3.8) is 0 Å². The average Bonchev–Trinajstić information content (AvgIpc) is 2.19. The number of amides is 1. The van der Waals surface area contributed by atoms with Crippen molar-refractivity contribution >= 4 is 21.8 Å². The third-order valence-corrected chi connectivity index (χ3v) is 3.21. The molecule has 0 spiro atoms. The van der Waals surface area contributed by atoms with Crippen LogP contribution in [0, 0.1) is 0 Å². The van der Waals surface area contributed by atoms with Gasteiger partial charge in [-0.15, -0.1) is 0 Å². The molecule has 0 aliphatic carbocycles. The van der Waals surface area contributed by atoms with Gasteiger partial charge in [0.1, 0.15) is 0 Å². The molecule has 0 aromatic carbocycles. The Hall–Kier alpha value is -0.130. The minimum absolute atomic E-state index is 0.0571. The van der Waals surface area contributed by atoms with E-state index in [0.717, 1.165) is 39.3 Å². The van der Waals surface area contributed by atoms with E-state index in [2.05, 4.69) is 38.1 Å². The molecule has 16 heavy (non-hydrogen) atoms. The van der Waals surface area contributed by atoms with Crippen LogP contribution >= 0.6 is 15.9 Å². The van der Waals surface area contributed by atoms with E-state index in [1.54, 1.807) is 0 Å². The van der Waals surface area contributed by atoms with Crippen molar-refractivity contribution in [2.75, 3.05) is 46.3 Å². The molecule has 0 aromatic heterocycles. The van der Waals surface area contributed by atoms with Gasteiger partial charge >= 0.3 is 0 Å². The fourth-order valence-electron chi connectivity index (χ4n) is 1.61. The number of alkyl halides is 1. The van der Waals surface area contributed by atoms with Crippen LogP contribution in [0.1, 0.15) is 13.8 Å². The topological polar surface area (TPSA) is 35.6 Å². The number of rotatable bonds is 4. The normalized spacial score (nSPS) is 19.8. The Bertz CT molecular complexity index is 232. The van der Waals surface area contributed by atoms with Crippen LogP contribution < -0.4 is 5.32 Å². The average molecular weight is 292 g/mol. The molecular formula is C11H22BrN3O.